The smallest absolute Gasteiger partial charge is 0.0841 e. The molecule has 1 unspecified atom stereocenters. The number of aromatic nitrogens is 2. The van der Waals surface area contributed by atoms with Crippen LogP contribution >= 0.6 is 23.5 Å². The molecule has 0 saturated carbocycles. The molecule has 1 aromatic heterocycles. The Morgan fingerprint density at radius 3 is 3.18 bits per heavy atom. The predicted molar refractivity (Wildman–Crippen MR) is 49.7 cm³/mol. The van der Waals surface area contributed by atoms with Crippen molar-refractivity contribution < 1.29 is 0 Å². The maximum Gasteiger partial charge on any atom is 0.0841 e. The number of nitrogens with two attached hydrogens (primary N) is 1. The first-order chi connectivity index (χ1) is 5.33. The van der Waals surface area contributed by atoms with Gasteiger partial charge in [0.15, 0.2) is 0 Å². The van der Waals surface area contributed by atoms with E-state index in [1.165, 1.54) is 11.7 Å². The van der Waals surface area contributed by atoms with Gasteiger partial charge in [-0.2, -0.15) is 20.5 Å². The van der Waals surface area contributed by atoms with Gasteiger partial charge in [-0.3, -0.25) is 0 Å². The highest BCUT2D eigenvalue weighted by molar-refractivity contribution is 7.99. The minimum absolute atomic E-state index is 0.511. The molecular formula is C6H11N3S2. The van der Waals surface area contributed by atoms with E-state index in [0.717, 1.165) is 18.0 Å². The molecule has 0 aliphatic heterocycles. The summed E-state index contributed by atoms with van der Waals surface area (Å²) >= 11 is 3.07. The lowest BCUT2D eigenvalue weighted by atomic mass is 10.5. The molecule has 5 heteroatoms. The molecule has 1 aromatic rings. The Morgan fingerprint density at radius 2 is 2.64 bits per heavy atom. The van der Waals surface area contributed by atoms with Crippen LogP contribution in [0.25, 0.3) is 0 Å². The first-order valence-electron chi connectivity index (χ1n) is 3.41. The van der Waals surface area contributed by atoms with Gasteiger partial charge in [-0.25, -0.2) is 0 Å². The van der Waals surface area contributed by atoms with Gasteiger partial charge in [0.05, 0.1) is 23.6 Å². The minimum atomic E-state index is 0.511. The number of nitrogens with zero attached hydrogens (tertiary/aromatic N) is 2. The molecule has 0 spiro atoms. The Bertz CT molecular complexity index is 188. The van der Waals surface area contributed by atoms with Crippen LogP contribution in [-0.2, 0) is 5.75 Å². The van der Waals surface area contributed by atoms with Crippen molar-refractivity contribution in [1.82, 2.24) is 8.75 Å². The summed E-state index contributed by atoms with van der Waals surface area (Å²) in [5, 5.41) is 0.511. The molecule has 3 nitrogen and oxygen atoms in total. The van der Waals surface area contributed by atoms with E-state index in [1.807, 2.05) is 11.8 Å². The highest BCUT2D eigenvalue weighted by atomic mass is 32.2. The van der Waals surface area contributed by atoms with Crippen molar-refractivity contribution in [3.63, 3.8) is 0 Å². The average molecular weight is 189 g/mol. The third-order valence-corrected chi connectivity index (χ3v) is 2.99. The van der Waals surface area contributed by atoms with Gasteiger partial charge in [-0.15, -0.1) is 0 Å². The van der Waals surface area contributed by atoms with E-state index < -0.39 is 0 Å². The van der Waals surface area contributed by atoms with Crippen LogP contribution < -0.4 is 5.73 Å². The van der Waals surface area contributed by atoms with Gasteiger partial charge in [-0.05, 0) is 0 Å². The lowest BCUT2D eigenvalue weighted by molar-refractivity contribution is 0.950. The Hall–Kier alpha value is -0.130. The van der Waals surface area contributed by atoms with Gasteiger partial charge >= 0.3 is 0 Å². The molecule has 0 aliphatic rings. The first-order valence-corrected chi connectivity index (χ1v) is 5.19. The van der Waals surface area contributed by atoms with Crippen LogP contribution in [0.5, 0.6) is 0 Å². The Labute approximate surface area is 74.7 Å². The summed E-state index contributed by atoms with van der Waals surface area (Å²) in [5.41, 5.74) is 6.51. The topological polar surface area (TPSA) is 51.8 Å². The Balaban J connectivity index is 2.23. The maximum absolute atomic E-state index is 5.46. The molecule has 62 valence electrons. The molecule has 0 saturated heterocycles. The van der Waals surface area contributed by atoms with Crippen molar-refractivity contribution >= 4 is 23.5 Å². The van der Waals surface area contributed by atoms with Crippen molar-refractivity contribution in [2.75, 3.05) is 6.54 Å². The van der Waals surface area contributed by atoms with Gasteiger partial charge in [0.1, 0.15) is 0 Å². The van der Waals surface area contributed by atoms with Crippen molar-refractivity contribution in [3.8, 4) is 0 Å². The molecule has 1 atom stereocenters. The lowest BCUT2D eigenvalue weighted by Crippen LogP contribution is -2.12. The average Bonchev–Trinajstić information content (AvgIpc) is 2.52. The molecule has 0 fully saturated rings. The van der Waals surface area contributed by atoms with E-state index in [0.29, 0.717) is 5.25 Å². The molecule has 11 heavy (non-hydrogen) atoms. The van der Waals surface area contributed by atoms with Crippen LogP contribution in [0.1, 0.15) is 12.6 Å². The number of rotatable bonds is 4. The van der Waals surface area contributed by atoms with Crippen LogP contribution in [0.3, 0.4) is 0 Å². The molecule has 1 heterocycles. The Morgan fingerprint density at radius 1 is 1.82 bits per heavy atom. The van der Waals surface area contributed by atoms with Crippen LogP contribution in [0, 0.1) is 0 Å². The molecule has 1 rings (SSSR count). The van der Waals surface area contributed by atoms with Crippen molar-refractivity contribution in [2.45, 2.75) is 17.9 Å². The normalized spacial score (nSPS) is 13.3. The summed E-state index contributed by atoms with van der Waals surface area (Å²) in [4.78, 5) is 0. The van der Waals surface area contributed by atoms with Gasteiger partial charge in [0.25, 0.3) is 0 Å². The SMILES string of the molecule is CC(CN)SCc1cnsn1. The van der Waals surface area contributed by atoms with Crippen LogP contribution in [0.4, 0.5) is 0 Å². The second-order valence-corrected chi connectivity index (χ2v) is 4.24. The van der Waals surface area contributed by atoms with E-state index in [-0.39, 0.29) is 0 Å². The van der Waals surface area contributed by atoms with Crippen LogP contribution in [0.2, 0.25) is 0 Å². The van der Waals surface area contributed by atoms with Gasteiger partial charge in [0, 0.05) is 17.5 Å². The Kier molecular flexibility index (Phi) is 3.82. The largest absolute Gasteiger partial charge is 0.329 e. The second kappa shape index (κ2) is 4.69. The predicted octanol–water partition coefficient (Wildman–Crippen LogP) is 1.12. The molecule has 2 N–H and O–H groups in total. The fourth-order valence-corrected chi connectivity index (χ4v) is 1.79. The van der Waals surface area contributed by atoms with Gasteiger partial charge < -0.3 is 5.73 Å². The standard InChI is InChI=1S/C6H11N3S2/c1-5(2-7)10-4-6-3-8-11-9-6/h3,5H,2,4,7H2,1H3. The summed E-state index contributed by atoms with van der Waals surface area (Å²) in [6.45, 7) is 2.84. The highest BCUT2D eigenvalue weighted by Gasteiger charge is 2.01. The van der Waals surface area contributed by atoms with Crippen LogP contribution in [-0.4, -0.2) is 20.5 Å². The number of thioether (sulfide) groups is 1. The zero-order chi connectivity index (χ0) is 8.10. The van der Waals surface area contributed by atoms with E-state index in [1.54, 1.807) is 6.20 Å². The summed E-state index contributed by atoms with van der Waals surface area (Å²) in [7, 11) is 0. The quantitative estimate of drug-likeness (QED) is 0.771. The monoisotopic (exact) mass is 189 g/mol. The fourth-order valence-electron chi connectivity index (χ4n) is 0.543. The fraction of sp³-hybridized carbons (Fsp3) is 0.667. The summed E-state index contributed by atoms with van der Waals surface area (Å²) in [6, 6.07) is 0. The van der Waals surface area contributed by atoms with E-state index in [4.69, 9.17) is 5.73 Å². The molecular weight excluding hydrogens is 178 g/mol. The van der Waals surface area contributed by atoms with Crippen molar-refractivity contribution in [2.24, 2.45) is 5.73 Å². The van der Waals surface area contributed by atoms with Gasteiger partial charge in [-0.1, -0.05) is 6.92 Å². The molecule has 0 amide bonds. The highest BCUT2D eigenvalue weighted by Crippen LogP contribution is 2.14. The summed E-state index contributed by atoms with van der Waals surface area (Å²) in [6.07, 6.45) is 1.81. The third-order valence-electron chi connectivity index (χ3n) is 1.25. The minimum Gasteiger partial charge on any atom is -0.329 e. The zero-order valence-corrected chi connectivity index (χ0v) is 7.99. The summed E-state index contributed by atoms with van der Waals surface area (Å²) < 4.78 is 8.00. The van der Waals surface area contributed by atoms with Crippen molar-refractivity contribution in [3.05, 3.63) is 11.9 Å². The van der Waals surface area contributed by atoms with E-state index in [9.17, 15) is 0 Å². The zero-order valence-electron chi connectivity index (χ0n) is 6.36. The number of hydrogen-bond acceptors (Lipinski definition) is 5. The molecule has 0 aliphatic carbocycles. The molecule has 0 aromatic carbocycles. The van der Waals surface area contributed by atoms with E-state index in [2.05, 4.69) is 15.7 Å². The van der Waals surface area contributed by atoms with E-state index >= 15 is 0 Å². The van der Waals surface area contributed by atoms with Gasteiger partial charge in [0.2, 0.25) is 0 Å². The molecule has 0 radical (unpaired) electrons. The lowest BCUT2D eigenvalue weighted by Gasteiger charge is -2.04. The summed E-state index contributed by atoms with van der Waals surface area (Å²) in [5.74, 6) is 0.925. The maximum atomic E-state index is 5.46. The molecule has 0 bridgehead atoms. The number of hydrogen-bond donors (Lipinski definition) is 1. The second-order valence-electron chi connectivity index (χ2n) is 2.26. The first kappa shape index (κ1) is 8.96. The van der Waals surface area contributed by atoms with Crippen molar-refractivity contribution in [1.29, 1.82) is 0 Å². The third kappa shape index (κ3) is 3.18. The van der Waals surface area contributed by atoms with Crippen LogP contribution in [0.15, 0.2) is 6.20 Å².